The second-order valence-corrected chi connectivity index (χ2v) is 6.83. The van der Waals surface area contributed by atoms with Gasteiger partial charge in [0.05, 0.1) is 0 Å². The first-order valence-electron chi connectivity index (χ1n) is 9.36. The van der Waals surface area contributed by atoms with Crippen LogP contribution in [0.3, 0.4) is 0 Å². The van der Waals surface area contributed by atoms with Crippen LogP contribution >= 0.6 is 0 Å². The largest absolute Gasteiger partial charge is 0.511 e. The lowest BCUT2D eigenvalue weighted by Crippen LogP contribution is -2.12. The topological polar surface area (TPSA) is 66.8 Å². The molecule has 1 saturated carbocycles. The molecule has 0 unspecified atom stereocenters. The SMILES string of the molecule is CCCCc1cc(OC(=O)O)c(O)c(C2CCCCC2)c1CCC. The Hall–Kier alpha value is -1.71. The van der Waals surface area contributed by atoms with Gasteiger partial charge < -0.3 is 14.9 Å². The minimum atomic E-state index is -1.37. The van der Waals surface area contributed by atoms with Crippen molar-refractivity contribution in [3.05, 3.63) is 22.8 Å². The first kappa shape index (κ1) is 18.6. The number of ether oxygens (including phenoxy) is 1. The van der Waals surface area contributed by atoms with Crippen LogP contribution < -0.4 is 4.74 Å². The van der Waals surface area contributed by atoms with Crippen molar-refractivity contribution in [2.45, 2.75) is 84.0 Å². The summed E-state index contributed by atoms with van der Waals surface area (Å²) in [5, 5.41) is 19.8. The number of aromatic hydroxyl groups is 1. The molecule has 2 N–H and O–H groups in total. The normalized spacial score (nSPS) is 15.4. The fraction of sp³-hybridized carbons (Fsp3) is 0.650. The van der Waals surface area contributed by atoms with Gasteiger partial charge in [0, 0.05) is 5.56 Å². The lowest BCUT2D eigenvalue weighted by molar-refractivity contribution is 0.142. The quantitative estimate of drug-likeness (QED) is 0.489. The second-order valence-electron chi connectivity index (χ2n) is 6.83. The molecule has 1 aliphatic carbocycles. The molecule has 134 valence electrons. The van der Waals surface area contributed by atoms with E-state index in [1.54, 1.807) is 6.07 Å². The van der Waals surface area contributed by atoms with Crippen molar-refractivity contribution in [3.63, 3.8) is 0 Å². The third kappa shape index (κ3) is 4.43. The Balaban J connectivity index is 2.53. The van der Waals surface area contributed by atoms with E-state index in [0.29, 0.717) is 5.92 Å². The van der Waals surface area contributed by atoms with Crippen LogP contribution in [0.5, 0.6) is 11.5 Å². The number of hydrogen-bond donors (Lipinski definition) is 2. The van der Waals surface area contributed by atoms with Crippen LogP contribution in [-0.4, -0.2) is 16.4 Å². The maximum Gasteiger partial charge on any atom is 0.511 e. The fourth-order valence-electron chi connectivity index (χ4n) is 3.90. The molecule has 0 aliphatic heterocycles. The molecule has 1 aliphatic rings. The van der Waals surface area contributed by atoms with Crippen molar-refractivity contribution in [3.8, 4) is 11.5 Å². The third-order valence-corrected chi connectivity index (χ3v) is 5.02. The molecule has 1 aromatic carbocycles. The molecule has 0 radical (unpaired) electrons. The number of rotatable bonds is 7. The van der Waals surface area contributed by atoms with E-state index in [1.807, 2.05) is 0 Å². The molecular weight excluding hydrogens is 304 g/mol. The molecule has 0 bridgehead atoms. The third-order valence-electron chi connectivity index (χ3n) is 5.02. The first-order valence-corrected chi connectivity index (χ1v) is 9.36. The van der Waals surface area contributed by atoms with Crippen molar-refractivity contribution < 1.29 is 19.7 Å². The molecule has 0 atom stereocenters. The van der Waals surface area contributed by atoms with Crippen LogP contribution in [0, 0.1) is 0 Å². The molecule has 4 nitrogen and oxygen atoms in total. The summed E-state index contributed by atoms with van der Waals surface area (Å²) in [5.41, 5.74) is 3.34. The average molecular weight is 334 g/mol. The monoisotopic (exact) mass is 334 g/mol. The van der Waals surface area contributed by atoms with Gasteiger partial charge in [-0.15, -0.1) is 0 Å². The van der Waals surface area contributed by atoms with Gasteiger partial charge in [-0.05, 0) is 55.2 Å². The van der Waals surface area contributed by atoms with Crippen molar-refractivity contribution in [2.24, 2.45) is 0 Å². The van der Waals surface area contributed by atoms with Gasteiger partial charge in [-0.25, -0.2) is 4.79 Å². The minimum Gasteiger partial charge on any atom is -0.504 e. The van der Waals surface area contributed by atoms with E-state index < -0.39 is 6.16 Å². The van der Waals surface area contributed by atoms with Crippen molar-refractivity contribution >= 4 is 6.16 Å². The smallest absolute Gasteiger partial charge is 0.504 e. The van der Waals surface area contributed by atoms with Crippen LogP contribution in [-0.2, 0) is 12.8 Å². The van der Waals surface area contributed by atoms with Gasteiger partial charge in [0.2, 0.25) is 0 Å². The van der Waals surface area contributed by atoms with Gasteiger partial charge >= 0.3 is 6.16 Å². The molecule has 4 heteroatoms. The highest BCUT2D eigenvalue weighted by atomic mass is 16.7. The van der Waals surface area contributed by atoms with E-state index in [-0.39, 0.29) is 11.5 Å². The highest BCUT2D eigenvalue weighted by Gasteiger charge is 2.26. The number of benzene rings is 1. The molecule has 0 saturated heterocycles. The van der Waals surface area contributed by atoms with E-state index in [2.05, 4.69) is 13.8 Å². The summed E-state index contributed by atoms with van der Waals surface area (Å²) in [6.45, 7) is 4.30. The zero-order valence-electron chi connectivity index (χ0n) is 14.9. The zero-order chi connectivity index (χ0) is 17.5. The average Bonchev–Trinajstić information content (AvgIpc) is 2.57. The summed E-state index contributed by atoms with van der Waals surface area (Å²) in [7, 11) is 0. The van der Waals surface area contributed by atoms with E-state index in [9.17, 15) is 9.90 Å². The summed E-state index contributed by atoms with van der Waals surface area (Å²) >= 11 is 0. The maximum absolute atomic E-state index is 11.0. The van der Waals surface area contributed by atoms with Gasteiger partial charge in [0.25, 0.3) is 0 Å². The Morgan fingerprint density at radius 3 is 2.46 bits per heavy atom. The van der Waals surface area contributed by atoms with Crippen LogP contribution in [0.2, 0.25) is 0 Å². The number of phenols is 1. The summed E-state index contributed by atoms with van der Waals surface area (Å²) in [5.74, 6) is 0.472. The Kier molecular flexibility index (Phi) is 6.95. The molecule has 0 amide bonds. The molecule has 2 rings (SSSR count). The Morgan fingerprint density at radius 2 is 1.88 bits per heavy atom. The van der Waals surface area contributed by atoms with Gasteiger partial charge in [-0.1, -0.05) is 46.0 Å². The van der Waals surface area contributed by atoms with Gasteiger partial charge in [-0.2, -0.15) is 0 Å². The zero-order valence-corrected chi connectivity index (χ0v) is 14.9. The molecule has 0 aromatic heterocycles. The number of hydrogen-bond acceptors (Lipinski definition) is 3. The summed E-state index contributed by atoms with van der Waals surface area (Å²) in [6, 6.07) is 1.75. The number of carboxylic acid groups (broad SMARTS) is 1. The number of carbonyl (C=O) groups is 1. The minimum absolute atomic E-state index is 0.0491. The lowest BCUT2D eigenvalue weighted by atomic mass is 9.79. The van der Waals surface area contributed by atoms with Gasteiger partial charge in [-0.3, -0.25) is 0 Å². The Bertz CT molecular complexity index is 559. The summed E-state index contributed by atoms with van der Waals surface area (Å²) in [4.78, 5) is 11.0. The van der Waals surface area contributed by atoms with E-state index in [1.165, 1.54) is 24.8 Å². The van der Waals surface area contributed by atoms with Crippen LogP contribution in [0.1, 0.15) is 87.8 Å². The maximum atomic E-state index is 11.0. The Morgan fingerprint density at radius 1 is 1.17 bits per heavy atom. The van der Waals surface area contributed by atoms with Gasteiger partial charge in [0.15, 0.2) is 11.5 Å². The number of aryl methyl sites for hydroxylation is 1. The second kappa shape index (κ2) is 8.95. The molecule has 0 spiro atoms. The van der Waals surface area contributed by atoms with Crippen LogP contribution in [0.25, 0.3) is 0 Å². The lowest BCUT2D eigenvalue weighted by Gasteiger charge is -2.27. The van der Waals surface area contributed by atoms with Gasteiger partial charge in [0.1, 0.15) is 0 Å². The standard InChI is InChI=1S/C20H30O4/c1-3-5-10-15-13-17(24-20(22)23)19(21)18(16(15)9-4-2)14-11-7-6-8-12-14/h13-14,21H,3-12H2,1-2H3,(H,22,23). The highest BCUT2D eigenvalue weighted by molar-refractivity contribution is 5.65. The van der Waals surface area contributed by atoms with Crippen LogP contribution in [0.4, 0.5) is 4.79 Å². The Labute approximate surface area is 144 Å². The molecule has 0 heterocycles. The van der Waals surface area contributed by atoms with E-state index in [4.69, 9.17) is 9.84 Å². The molecule has 1 aromatic rings. The first-order chi connectivity index (χ1) is 11.6. The van der Waals surface area contributed by atoms with Crippen molar-refractivity contribution in [1.82, 2.24) is 0 Å². The van der Waals surface area contributed by atoms with E-state index in [0.717, 1.165) is 56.1 Å². The molecule has 24 heavy (non-hydrogen) atoms. The van der Waals surface area contributed by atoms with Crippen molar-refractivity contribution in [1.29, 1.82) is 0 Å². The summed E-state index contributed by atoms with van der Waals surface area (Å²) in [6.07, 6.45) is 9.32. The van der Waals surface area contributed by atoms with Crippen molar-refractivity contribution in [2.75, 3.05) is 0 Å². The number of unbranched alkanes of at least 4 members (excludes halogenated alkanes) is 1. The van der Waals surface area contributed by atoms with Crippen LogP contribution in [0.15, 0.2) is 6.07 Å². The predicted octanol–water partition coefficient (Wildman–Crippen LogP) is 5.79. The highest BCUT2D eigenvalue weighted by Crippen LogP contribution is 2.45. The molecular formula is C20H30O4. The predicted molar refractivity (Wildman–Crippen MR) is 95.2 cm³/mol. The molecule has 1 fully saturated rings. The summed E-state index contributed by atoms with van der Waals surface area (Å²) < 4.78 is 4.90. The van der Waals surface area contributed by atoms with E-state index >= 15 is 0 Å². The number of phenolic OH excluding ortho intramolecular Hbond substituents is 1. The fourth-order valence-corrected chi connectivity index (χ4v) is 3.90.